The van der Waals surface area contributed by atoms with E-state index in [-0.39, 0.29) is 30.1 Å². The third-order valence-corrected chi connectivity index (χ3v) is 2.81. The molecule has 0 heterocycles. The monoisotopic (exact) mass is 267 g/mol. The van der Waals surface area contributed by atoms with Crippen LogP contribution in [0.25, 0.3) is 0 Å². The third-order valence-electron chi connectivity index (χ3n) is 2.59. The van der Waals surface area contributed by atoms with Gasteiger partial charge in [-0.3, -0.25) is 4.79 Å². The van der Waals surface area contributed by atoms with E-state index in [0.717, 1.165) is 0 Å². The number of benzene rings is 1. The highest BCUT2D eigenvalue weighted by Gasteiger charge is 2.22. The second-order valence-corrected chi connectivity index (χ2v) is 4.21. The van der Waals surface area contributed by atoms with Gasteiger partial charge in [0.25, 0.3) is 0 Å². The van der Waals surface area contributed by atoms with Crippen LogP contribution in [-0.2, 0) is 0 Å². The van der Waals surface area contributed by atoms with E-state index in [2.05, 4.69) is 0 Å². The molecule has 0 bridgehead atoms. The minimum Gasteiger partial charge on any atom is -0.390 e. The van der Waals surface area contributed by atoms with Crippen LogP contribution in [0.1, 0.15) is 34.9 Å². The fraction of sp³-hybridized carbons (Fsp3) is 0.385. The average Bonchev–Trinajstić information content (AvgIpc) is 2.38. The second-order valence-electron chi connectivity index (χ2n) is 3.84. The van der Waals surface area contributed by atoms with Crippen molar-refractivity contribution >= 4 is 17.4 Å². The summed E-state index contributed by atoms with van der Waals surface area (Å²) in [5.41, 5.74) is 0.593. The molecule has 2 atom stereocenters. The quantitative estimate of drug-likeness (QED) is 0.608. The van der Waals surface area contributed by atoms with Gasteiger partial charge in [0.15, 0.2) is 5.78 Å². The summed E-state index contributed by atoms with van der Waals surface area (Å²) in [6.45, 7) is 0. The summed E-state index contributed by atoms with van der Waals surface area (Å²) in [6.07, 6.45) is -2.24. The summed E-state index contributed by atoms with van der Waals surface area (Å²) < 4.78 is 0. The Labute approximate surface area is 110 Å². The molecule has 18 heavy (non-hydrogen) atoms. The van der Waals surface area contributed by atoms with Crippen molar-refractivity contribution in [3.8, 4) is 6.07 Å². The van der Waals surface area contributed by atoms with Crippen molar-refractivity contribution in [3.63, 3.8) is 0 Å². The number of nitrogens with zero attached hydrogens (tertiary/aromatic N) is 1. The van der Waals surface area contributed by atoms with Gasteiger partial charge in [0.05, 0.1) is 18.6 Å². The van der Waals surface area contributed by atoms with Crippen LogP contribution in [0, 0.1) is 11.3 Å². The van der Waals surface area contributed by atoms with Crippen molar-refractivity contribution in [2.24, 2.45) is 0 Å². The zero-order valence-electron chi connectivity index (χ0n) is 9.71. The van der Waals surface area contributed by atoms with E-state index in [4.69, 9.17) is 16.9 Å². The Kier molecular flexibility index (Phi) is 5.79. The van der Waals surface area contributed by atoms with Crippen LogP contribution in [0.4, 0.5) is 0 Å². The van der Waals surface area contributed by atoms with Gasteiger partial charge in [-0.1, -0.05) is 24.3 Å². The molecule has 0 aromatic heterocycles. The largest absolute Gasteiger partial charge is 0.390 e. The predicted molar refractivity (Wildman–Crippen MR) is 67.3 cm³/mol. The number of aliphatic hydroxyl groups is 2. The van der Waals surface area contributed by atoms with Gasteiger partial charge in [-0.25, -0.2) is 0 Å². The van der Waals surface area contributed by atoms with Gasteiger partial charge in [-0.15, -0.1) is 11.6 Å². The van der Waals surface area contributed by atoms with Crippen LogP contribution < -0.4 is 0 Å². The van der Waals surface area contributed by atoms with Crippen molar-refractivity contribution in [1.82, 2.24) is 0 Å². The number of hydrogen-bond donors (Lipinski definition) is 2. The first-order valence-corrected chi connectivity index (χ1v) is 6.06. The molecule has 96 valence electrons. The van der Waals surface area contributed by atoms with Gasteiger partial charge in [0.2, 0.25) is 0 Å². The molecule has 1 rings (SSSR count). The first-order valence-electron chi connectivity index (χ1n) is 5.53. The lowest BCUT2D eigenvalue weighted by molar-refractivity contribution is 0.0165. The number of halogens is 1. The standard InChI is InChI=1S/C13H14ClNO3/c14-7-5-12(17)13(18)10-4-2-1-3-9(10)11(16)6-8-15/h1-4,12-13,17-18H,5-7H2. The number of aliphatic hydroxyl groups excluding tert-OH is 2. The van der Waals surface area contributed by atoms with Gasteiger partial charge < -0.3 is 10.2 Å². The summed E-state index contributed by atoms with van der Waals surface area (Å²) in [5, 5.41) is 28.2. The summed E-state index contributed by atoms with van der Waals surface area (Å²) in [7, 11) is 0. The maximum absolute atomic E-state index is 11.7. The zero-order chi connectivity index (χ0) is 13.5. The van der Waals surface area contributed by atoms with E-state index < -0.39 is 12.2 Å². The molecule has 2 N–H and O–H groups in total. The van der Waals surface area contributed by atoms with Crippen molar-refractivity contribution in [2.75, 3.05) is 5.88 Å². The Balaban J connectivity index is 3.02. The molecule has 5 heteroatoms. The van der Waals surface area contributed by atoms with Crippen LogP contribution in [0.2, 0.25) is 0 Å². The van der Waals surface area contributed by atoms with Crippen LogP contribution in [-0.4, -0.2) is 28.0 Å². The maximum atomic E-state index is 11.7. The molecule has 4 nitrogen and oxygen atoms in total. The minimum atomic E-state index is -1.18. The number of hydrogen-bond acceptors (Lipinski definition) is 4. The van der Waals surface area contributed by atoms with Crippen molar-refractivity contribution < 1.29 is 15.0 Å². The molecular formula is C13H14ClNO3. The molecule has 0 aliphatic heterocycles. The van der Waals surface area contributed by atoms with Gasteiger partial charge in [0, 0.05) is 11.4 Å². The van der Waals surface area contributed by atoms with E-state index in [1.165, 1.54) is 6.07 Å². The van der Waals surface area contributed by atoms with E-state index >= 15 is 0 Å². The number of carbonyl (C=O) groups excluding carboxylic acids is 1. The molecule has 1 aromatic rings. The second kappa shape index (κ2) is 7.12. The van der Waals surface area contributed by atoms with E-state index in [0.29, 0.717) is 5.56 Å². The van der Waals surface area contributed by atoms with E-state index in [1.807, 2.05) is 0 Å². The molecule has 2 unspecified atom stereocenters. The number of rotatable bonds is 6. The van der Waals surface area contributed by atoms with Crippen LogP contribution >= 0.6 is 11.6 Å². The summed E-state index contributed by atoms with van der Waals surface area (Å²) in [6, 6.07) is 8.18. The third kappa shape index (κ3) is 3.54. The topological polar surface area (TPSA) is 81.3 Å². The minimum absolute atomic E-state index is 0.215. The highest BCUT2D eigenvalue weighted by molar-refractivity contribution is 6.17. The smallest absolute Gasteiger partial charge is 0.177 e. The Morgan fingerprint density at radius 3 is 2.67 bits per heavy atom. The number of ketones is 1. The molecule has 0 aliphatic carbocycles. The first-order chi connectivity index (χ1) is 8.61. The van der Waals surface area contributed by atoms with Crippen molar-refractivity contribution in [1.29, 1.82) is 5.26 Å². The molecule has 0 saturated heterocycles. The van der Waals surface area contributed by atoms with Gasteiger partial charge in [-0.05, 0) is 12.0 Å². The average molecular weight is 268 g/mol. The normalized spacial score (nSPS) is 13.7. The Morgan fingerprint density at radius 2 is 2.06 bits per heavy atom. The lowest BCUT2D eigenvalue weighted by atomic mass is 9.94. The lowest BCUT2D eigenvalue weighted by Gasteiger charge is -2.19. The first kappa shape index (κ1) is 14.7. The molecular weight excluding hydrogens is 254 g/mol. The highest BCUT2D eigenvalue weighted by atomic mass is 35.5. The van der Waals surface area contributed by atoms with Crippen molar-refractivity contribution in [2.45, 2.75) is 25.0 Å². The molecule has 0 amide bonds. The van der Waals surface area contributed by atoms with Crippen LogP contribution in [0.15, 0.2) is 24.3 Å². The number of Topliss-reactive ketones (excluding diaryl/α,β-unsaturated/α-hetero) is 1. The fourth-order valence-electron chi connectivity index (χ4n) is 1.65. The van der Waals surface area contributed by atoms with Gasteiger partial charge >= 0.3 is 0 Å². The van der Waals surface area contributed by atoms with Gasteiger partial charge in [-0.2, -0.15) is 5.26 Å². The Bertz CT molecular complexity index is 456. The fourth-order valence-corrected chi connectivity index (χ4v) is 1.88. The molecule has 0 aliphatic rings. The number of nitriles is 1. The number of carbonyl (C=O) groups is 1. The number of alkyl halides is 1. The van der Waals surface area contributed by atoms with Crippen LogP contribution in [0.3, 0.4) is 0 Å². The van der Waals surface area contributed by atoms with E-state index in [1.54, 1.807) is 24.3 Å². The lowest BCUT2D eigenvalue weighted by Crippen LogP contribution is -2.21. The summed E-state index contributed by atoms with van der Waals surface area (Å²) in [5.74, 6) is -0.155. The molecule has 0 fully saturated rings. The molecule has 0 spiro atoms. The Hall–Kier alpha value is -1.41. The Morgan fingerprint density at radius 1 is 1.39 bits per heavy atom. The molecule has 1 aromatic carbocycles. The molecule has 0 saturated carbocycles. The molecule has 0 radical (unpaired) electrons. The van der Waals surface area contributed by atoms with Crippen molar-refractivity contribution in [3.05, 3.63) is 35.4 Å². The SMILES string of the molecule is N#CCC(=O)c1ccccc1C(O)C(O)CCCl. The zero-order valence-corrected chi connectivity index (χ0v) is 10.5. The summed E-state index contributed by atoms with van der Waals surface area (Å²) >= 11 is 5.50. The van der Waals surface area contributed by atoms with Crippen LogP contribution in [0.5, 0.6) is 0 Å². The highest BCUT2D eigenvalue weighted by Crippen LogP contribution is 2.24. The predicted octanol–water partition coefficient (Wildman–Crippen LogP) is 1.81. The van der Waals surface area contributed by atoms with Gasteiger partial charge in [0.1, 0.15) is 6.10 Å². The summed E-state index contributed by atoms with van der Waals surface area (Å²) in [4.78, 5) is 11.7. The van der Waals surface area contributed by atoms with E-state index in [9.17, 15) is 15.0 Å². The maximum Gasteiger partial charge on any atom is 0.177 e.